The molecular weight excluding hydrogens is 316 g/mol. The predicted molar refractivity (Wildman–Crippen MR) is 95.9 cm³/mol. The van der Waals surface area contributed by atoms with E-state index >= 15 is 0 Å². The van der Waals surface area contributed by atoms with Gasteiger partial charge in [0.25, 0.3) is 0 Å². The number of hydrogen-bond donors (Lipinski definition) is 0. The summed E-state index contributed by atoms with van der Waals surface area (Å²) < 4.78 is 7.55. The third-order valence-electron chi connectivity index (χ3n) is 4.99. The number of aromatic nitrogens is 4. The van der Waals surface area contributed by atoms with Crippen molar-refractivity contribution in [3.63, 3.8) is 0 Å². The van der Waals surface area contributed by atoms with Crippen molar-refractivity contribution >= 4 is 5.95 Å². The maximum atomic E-state index is 5.48. The van der Waals surface area contributed by atoms with E-state index in [0.717, 1.165) is 44.6 Å². The van der Waals surface area contributed by atoms with Crippen LogP contribution < -0.4 is 9.64 Å². The molecule has 1 aliphatic heterocycles. The van der Waals surface area contributed by atoms with E-state index in [1.54, 1.807) is 6.20 Å². The molecule has 1 saturated heterocycles. The molecule has 0 radical (unpaired) electrons. The molecule has 0 N–H and O–H groups in total. The Morgan fingerprint density at radius 3 is 2.72 bits per heavy atom. The molecule has 7 nitrogen and oxygen atoms in total. The molecule has 0 bridgehead atoms. The van der Waals surface area contributed by atoms with Crippen LogP contribution in [-0.2, 0) is 13.6 Å². The first-order valence-electron chi connectivity index (χ1n) is 9.18. The SMILES string of the molecule is CCOc1ccnc(N2CCN(Cc3cnn(C)c3C3CC3)CC2)n1. The van der Waals surface area contributed by atoms with Gasteiger partial charge in [0.1, 0.15) is 0 Å². The Bertz CT molecular complexity index is 718. The molecule has 7 heteroatoms. The van der Waals surface area contributed by atoms with E-state index in [1.807, 2.05) is 13.0 Å². The zero-order valence-electron chi connectivity index (χ0n) is 15.1. The van der Waals surface area contributed by atoms with Crippen LogP contribution in [0, 0.1) is 0 Å². The quantitative estimate of drug-likeness (QED) is 0.798. The van der Waals surface area contributed by atoms with Gasteiger partial charge in [-0.15, -0.1) is 0 Å². The molecule has 4 rings (SSSR count). The summed E-state index contributed by atoms with van der Waals surface area (Å²) >= 11 is 0. The van der Waals surface area contributed by atoms with E-state index in [-0.39, 0.29) is 0 Å². The van der Waals surface area contributed by atoms with Crippen molar-refractivity contribution in [2.75, 3.05) is 37.7 Å². The van der Waals surface area contributed by atoms with Crippen molar-refractivity contribution in [2.45, 2.75) is 32.2 Å². The van der Waals surface area contributed by atoms with Crippen LogP contribution in [-0.4, -0.2) is 57.4 Å². The topological polar surface area (TPSA) is 59.3 Å². The van der Waals surface area contributed by atoms with E-state index in [0.29, 0.717) is 12.5 Å². The van der Waals surface area contributed by atoms with Gasteiger partial charge in [-0.3, -0.25) is 9.58 Å². The fraction of sp³-hybridized carbons (Fsp3) is 0.611. The number of rotatable bonds is 6. The monoisotopic (exact) mass is 342 g/mol. The van der Waals surface area contributed by atoms with Gasteiger partial charge in [0.2, 0.25) is 11.8 Å². The maximum Gasteiger partial charge on any atom is 0.228 e. The summed E-state index contributed by atoms with van der Waals surface area (Å²) in [5, 5.41) is 4.48. The van der Waals surface area contributed by atoms with E-state index in [1.165, 1.54) is 24.1 Å². The molecule has 2 aromatic heterocycles. The number of nitrogens with zero attached hydrogens (tertiary/aromatic N) is 6. The molecule has 2 fully saturated rings. The number of anilines is 1. The Morgan fingerprint density at radius 2 is 2.00 bits per heavy atom. The van der Waals surface area contributed by atoms with Gasteiger partial charge in [-0.05, 0) is 19.8 Å². The van der Waals surface area contributed by atoms with Crippen LogP contribution >= 0.6 is 0 Å². The lowest BCUT2D eigenvalue weighted by molar-refractivity contribution is 0.247. The maximum absolute atomic E-state index is 5.48. The minimum Gasteiger partial charge on any atom is -0.478 e. The Morgan fingerprint density at radius 1 is 1.20 bits per heavy atom. The lowest BCUT2D eigenvalue weighted by Gasteiger charge is -2.34. The zero-order chi connectivity index (χ0) is 17.2. The molecule has 0 unspecified atom stereocenters. The van der Waals surface area contributed by atoms with Crippen molar-refractivity contribution in [2.24, 2.45) is 7.05 Å². The molecule has 1 aliphatic carbocycles. The molecule has 0 aromatic carbocycles. The van der Waals surface area contributed by atoms with E-state index in [2.05, 4.69) is 42.8 Å². The van der Waals surface area contributed by atoms with Gasteiger partial charge in [-0.2, -0.15) is 10.1 Å². The molecule has 3 heterocycles. The molecule has 1 saturated carbocycles. The van der Waals surface area contributed by atoms with E-state index in [9.17, 15) is 0 Å². The minimum atomic E-state index is 0.624. The first kappa shape index (κ1) is 16.3. The van der Waals surface area contributed by atoms with Gasteiger partial charge in [0.05, 0.1) is 12.8 Å². The van der Waals surface area contributed by atoms with Crippen LogP contribution in [0.1, 0.15) is 36.9 Å². The number of aryl methyl sites for hydroxylation is 1. The summed E-state index contributed by atoms with van der Waals surface area (Å²) in [4.78, 5) is 13.7. The normalized spacial score (nSPS) is 18.6. The summed E-state index contributed by atoms with van der Waals surface area (Å²) in [7, 11) is 2.07. The summed E-state index contributed by atoms with van der Waals surface area (Å²) in [6, 6.07) is 1.81. The van der Waals surface area contributed by atoms with Crippen LogP contribution in [0.15, 0.2) is 18.5 Å². The van der Waals surface area contributed by atoms with E-state index < -0.39 is 0 Å². The molecule has 0 amide bonds. The number of hydrogen-bond acceptors (Lipinski definition) is 6. The van der Waals surface area contributed by atoms with Crippen molar-refractivity contribution < 1.29 is 4.74 Å². The average molecular weight is 342 g/mol. The summed E-state index contributed by atoms with van der Waals surface area (Å²) in [5.74, 6) is 2.16. The molecule has 2 aromatic rings. The van der Waals surface area contributed by atoms with Crippen LogP contribution in [0.3, 0.4) is 0 Å². The van der Waals surface area contributed by atoms with Gasteiger partial charge in [-0.25, -0.2) is 4.98 Å². The second-order valence-corrected chi connectivity index (χ2v) is 6.84. The Balaban J connectivity index is 1.36. The third-order valence-corrected chi connectivity index (χ3v) is 4.99. The highest BCUT2D eigenvalue weighted by atomic mass is 16.5. The molecular formula is C18H26N6O. The predicted octanol–water partition coefficient (Wildman–Crippen LogP) is 1.81. The van der Waals surface area contributed by atoms with Gasteiger partial charge >= 0.3 is 0 Å². The second kappa shape index (κ2) is 7.00. The molecule has 0 spiro atoms. The summed E-state index contributed by atoms with van der Waals surface area (Å²) in [6.45, 7) is 7.49. The molecule has 0 atom stereocenters. The average Bonchev–Trinajstić information content (AvgIpc) is 3.40. The van der Waals surface area contributed by atoms with Crippen LogP contribution in [0.25, 0.3) is 0 Å². The summed E-state index contributed by atoms with van der Waals surface area (Å²) in [5.41, 5.74) is 2.84. The fourth-order valence-electron chi connectivity index (χ4n) is 3.56. The van der Waals surface area contributed by atoms with Crippen LogP contribution in [0.4, 0.5) is 5.95 Å². The first-order chi connectivity index (χ1) is 12.2. The largest absolute Gasteiger partial charge is 0.478 e. The minimum absolute atomic E-state index is 0.624. The Labute approximate surface area is 148 Å². The molecule has 25 heavy (non-hydrogen) atoms. The Kier molecular flexibility index (Phi) is 4.57. The second-order valence-electron chi connectivity index (χ2n) is 6.84. The van der Waals surface area contributed by atoms with E-state index in [4.69, 9.17) is 4.74 Å². The highest BCUT2D eigenvalue weighted by Gasteiger charge is 2.30. The standard InChI is InChI=1S/C18H26N6O/c1-3-25-16-6-7-19-18(21-16)24-10-8-23(9-11-24)13-15-12-20-22(2)17(15)14-4-5-14/h6-7,12,14H,3-5,8-11,13H2,1-2H3. The number of ether oxygens (including phenoxy) is 1. The van der Waals surface area contributed by atoms with Crippen LogP contribution in [0.5, 0.6) is 5.88 Å². The lowest BCUT2D eigenvalue weighted by atomic mass is 10.1. The van der Waals surface area contributed by atoms with Gasteiger partial charge in [0, 0.05) is 69.2 Å². The van der Waals surface area contributed by atoms with Crippen molar-refractivity contribution in [1.82, 2.24) is 24.6 Å². The van der Waals surface area contributed by atoms with Crippen molar-refractivity contribution in [3.8, 4) is 5.88 Å². The summed E-state index contributed by atoms with van der Waals surface area (Å²) in [6.07, 6.45) is 6.45. The van der Waals surface area contributed by atoms with Crippen molar-refractivity contribution in [1.29, 1.82) is 0 Å². The van der Waals surface area contributed by atoms with Gasteiger partial charge < -0.3 is 9.64 Å². The fourth-order valence-corrected chi connectivity index (χ4v) is 3.56. The van der Waals surface area contributed by atoms with Crippen LogP contribution in [0.2, 0.25) is 0 Å². The highest BCUT2D eigenvalue weighted by Crippen LogP contribution is 2.41. The smallest absolute Gasteiger partial charge is 0.228 e. The van der Waals surface area contributed by atoms with Crippen molar-refractivity contribution in [3.05, 3.63) is 29.7 Å². The van der Waals surface area contributed by atoms with Gasteiger partial charge in [-0.1, -0.05) is 0 Å². The molecule has 134 valence electrons. The first-order valence-corrected chi connectivity index (χ1v) is 9.18. The zero-order valence-corrected chi connectivity index (χ0v) is 15.1. The third kappa shape index (κ3) is 3.61. The lowest BCUT2D eigenvalue weighted by Crippen LogP contribution is -2.46. The number of piperazine rings is 1. The highest BCUT2D eigenvalue weighted by molar-refractivity contribution is 5.33. The van der Waals surface area contributed by atoms with Gasteiger partial charge in [0.15, 0.2) is 0 Å². The Hall–Kier alpha value is -2.15. The molecule has 2 aliphatic rings.